The van der Waals surface area contributed by atoms with Crippen molar-refractivity contribution in [2.75, 3.05) is 13.1 Å². The van der Waals surface area contributed by atoms with E-state index in [1.54, 1.807) is 0 Å². The van der Waals surface area contributed by atoms with E-state index in [9.17, 15) is 0 Å². The first kappa shape index (κ1) is 11.1. The molecule has 2 heterocycles. The molecule has 4 heteroatoms. The normalized spacial score (nSPS) is 17.8. The first-order chi connectivity index (χ1) is 8.25. The van der Waals surface area contributed by atoms with Gasteiger partial charge in [-0.2, -0.15) is 0 Å². The highest BCUT2D eigenvalue weighted by molar-refractivity contribution is 6.32. The molecule has 0 amide bonds. The Morgan fingerprint density at radius 2 is 2.06 bits per heavy atom. The second-order valence-electron chi connectivity index (χ2n) is 4.71. The SMILES string of the molecule is Cc1c(Cl)ccc2[nH]c(C3CCNCC3)nc12. The van der Waals surface area contributed by atoms with E-state index in [1.807, 2.05) is 19.1 Å². The van der Waals surface area contributed by atoms with E-state index in [1.165, 1.54) is 0 Å². The average molecular weight is 250 g/mol. The van der Waals surface area contributed by atoms with Crippen molar-refractivity contribution in [2.24, 2.45) is 0 Å². The molecule has 3 rings (SSSR count). The second kappa shape index (κ2) is 4.31. The molecule has 17 heavy (non-hydrogen) atoms. The summed E-state index contributed by atoms with van der Waals surface area (Å²) in [4.78, 5) is 8.16. The molecule has 0 atom stereocenters. The number of nitrogens with one attached hydrogen (secondary N) is 2. The average Bonchev–Trinajstić information content (AvgIpc) is 2.80. The topological polar surface area (TPSA) is 40.7 Å². The molecule has 0 aliphatic carbocycles. The molecule has 2 N–H and O–H groups in total. The van der Waals surface area contributed by atoms with Crippen LogP contribution < -0.4 is 5.32 Å². The standard InChI is InChI=1S/C13H16ClN3/c1-8-10(14)2-3-11-12(8)17-13(16-11)9-4-6-15-7-5-9/h2-3,9,15H,4-7H2,1H3,(H,16,17). The molecule has 0 radical (unpaired) electrons. The number of nitrogens with zero attached hydrogens (tertiary/aromatic N) is 1. The number of halogens is 1. The molecule has 2 aromatic rings. The van der Waals surface area contributed by atoms with Crippen molar-refractivity contribution in [3.63, 3.8) is 0 Å². The van der Waals surface area contributed by atoms with Crippen LogP contribution in [-0.2, 0) is 0 Å². The predicted molar refractivity (Wildman–Crippen MR) is 70.7 cm³/mol. The number of benzene rings is 1. The van der Waals surface area contributed by atoms with Gasteiger partial charge in [0.25, 0.3) is 0 Å². The van der Waals surface area contributed by atoms with Crippen molar-refractivity contribution in [3.05, 3.63) is 28.5 Å². The number of fused-ring (bicyclic) bond motifs is 1. The van der Waals surface area contributed by atoms with Gasteiger partial charge in [0.15, 0.2) is 0 Å². The summed E-state index contributed by atoms with van der Waals surface area (Å²) in [6.07, 6.45) is 2.32. The van der Waals surface area contributed by atoms with Crippen molar-refractivity contribution in [3.8, 4) is 0 Å². The zero-order valence-electron chi connectivity index (χ0n) is 9.89. The van der Waals surface area contributed by atoms with E-state index in [2.05, 4.69) is 10.3 Å². The molecule has 1 aromatic carbocycles. The van der Waals surface area contributed by atoms with Gasteiger partial charge >= 0.3 is 0 Å². The van der Waals surface area contributed by atoms with Crippen LogP contribution in [0.25, 0.3) is 11.0 Å². The molecular weight excluding hydrogens is 234 g/mol. The fraction of sp³-hybridized carbons (Fsp3) is 0.462. The van der Waals surface area contributed by atoms with Gasteiger partial charge in [0, 0.05) is 10.9 Å². The fourth-order valence-corrected chi connectivity index (χ4v) is 2.65. The van der Waals surface area contributed by atoms with E-state index >= 15 is 0 Å². The zero-order valence-corrected chi connectivity index (χ0v) is 10.6. The summed E-state index contributed by atoms with van der Waals surface area (Å²) < 4.78 is 0. The number of hydrogen-bond acceptors (Lipinski definition) is 2. The van der Waals surface area contributed by atoms with Gasteiger partial charge < -0.3 is 10.3 Å². The summed E-state index contributed by atoms with van der Waals surface area (Å²) >= 11 is 6.12. The summed E-state index contributed by atoms with van der Waals surface area (Å²) in [5.74, 6) is 1.67. The number of H-pyrrole nitrogens is 1. The molecule has 0 bridgehead atoms. The molecule has 0 saturated carbocycles. The third-order valence-electron chi connectivity index (χ3n) is 3.59. The van der Waals surface area contributed by atoms with Gasteiger partial charge in [-0.3, -0.25) is 0 Å². The molecule has 0 spiro atoms. The second-order valence-corrected chi connectivity index (χ2v) is 5.12. The van der Waals surface area contributed by atoms with Crippen molar-refractivity contribution in [1.82, 2.24) is 15.3 Å². The minimum absolute atomic E-state index is 0.557. The molecule has 1 aromatic heterocycles. The van der Waals surface area contributed by atoms with Crippen molar-refractivity contribution in [2.45, 2.75) is 25.7 Å². The highest BCUT2D eigenvalue weighted by Gasteiger charge is 2.19. The van der Waals surface area contributed by atoms with Gasteiger partial charge in [0.1, 0.15) is 5.82 Å². The Morgan fingerprint density at radius 1 is 1.29 bits per heavy atom. The lowest BCUT2D eigenvalue weighted by molar-refractivity contribution is 0.448. The molecule has 1 aliphatic heterocycles. The lowest BCUT2D eigenvalue weighted by atomic mass is 9.98. The summed E-state index contributed by atoms with van der Waals surface area (Å²) in [6, 6.07) is 3.95. The summed E-state index contributed by atoms with van der Waals surface area (Å²) in [5.41, 5.74) is 3.19. The van der Waals surface area contributed by atoms with Crippen LogP contribution >= 0.6 is 11.6 Å². The maximum absolute atomic E-state index is 6.12. The Hall–Kier alpha value is -1.06. The summed E-state index contributed by atoms with van der Waals surface area (Å²) in [7, 11) is 0. The van der Waals surface area contributed by atoms with Gasteiger partial charge in [-0.15, -0.1) is 0 Å². The summed E-state index contributed by atoms with van der Waals surface area (Å²) in [6.45, 7) is 4.20. The molecule has 1 saturated heterocycles. The Morgan fingerprint density at radius 3 is 2.82 bits per heavy atom. The van der Waals surface area contributed by atoms with E-state index in [0.29, 0.717) is 5.92 Å². The zero-order chi connectivity index (χ0) is 11.8. The number of aromatic nitrogens is 2. The maximum Gasteiger partial charge on any atom is 0.110 e. The molecule has 0 unspecified atom stereocenters. The summed E-state index contributed by atoms with van der Waals surface area (Å²) in [5, 5.41) is 4.17. The fourth-order valence-electron chi connectivity index (χ4n) is 2.50. The third kappa shape index (κ3) is 1.94. The van der Waals surface area contributed by atoms with Crippen LogP contribution in [0, 0.1) is 6.92 Å². The van der Waals surface area contributed by atoms with Crippen molar-refractivity contribution >= 4 is 22.6 Å². The van der Waals surface area contributed by atoms with Gasteiger partial charge in [-0.25, -0.2) is 4.98 Å². The Bertz CT molecular complexity index is 541. The van der Waals surface area contributed by atoms with Crippen LogP contribution in [0.1, 0.15) is 30.1 Å². The predicted octanol–water partition coefficient (Wildman–Crippen LogP) is 2.99. The van der Waals surface area contributed by atoms with Gasteiger partial charge in [-0.05, 0) is 50.6 Å². The van der Waals surface area contributed by atoms with E-state index in [0.717, 1.165) is 53.4 Å². The first-order valence-electron chi connectivity index (χ1n) is 6.11. The molecular formula is C13H16ClN3. The monoisotopic (exact) mass is 249 g/mol. The van der Waals surface area contributed by atoms with Crippen LogP contribution in [0.5, 0.6) is 0 Å². The number of aryl methyl sites for hydroxylation is 1. The van der Waals surface area contributed by atoms with E-state index in [-0.39, 0.29) is 0 Å². The Balaban J connectivity index is 2.04. The minimum atomic E-state index is 0.557. The highest BCUT2D eigenvalue weighted by atomic mass is 35.5. The number of aromatic amines is 1. The van der Waals surface area contributed by atoms with Crippen molar-refractivity contribution < 1.29 is 0 Å². The maximum atomic E-state index is 6.12. The number of imidazole rings is 1. The van der Waals surface area contributed by atoms with Crippen molar-refractivity contribution in [1.29, 1.82) is 0 Å². The highest BCUT2D eigenvalue weighted by Crippen LogP contribution is 2.28. The van der Waals surface area contributed by atoms with Crippen LogP contribution in [0.3, 0.4) is 0 Å². The number of piperidine rings is 1. The van der Waals surface area contributed by atoms with Crippen LogP contribution in [0.4, 0.5) is 0 Å². The Labute approximate surface area is 106 Å². The number of rotatable bonds is 1. The molecule has 1 aliphatic rings. The van der Waals surface area contributed by atoms with E-state index < -0.39 is 0 Å². The molecule has 1 fully saturated rings. The van der Waals surface area contributed by atoms with Gasteiger partial charge in [-0.1, -0.05) is 11.6 Å². The number of hydrogen-bond donors (Lipinski definition) is 2. The smallest absolute Gasteiger partial charge is 0.110 e. The quantitative estimate of drug-likeness (QED) is 0.816. The first-order valence-corrected chi connectivity index (χ1v) is 6.49. The van der Waals surface area contributed by atoms with Crippen LogP contribution in [0.2, 0.25) is 5.02 Å². The van der Waals surface area contributed by atoms with Gasteiger partial charge in [0.2, 0.25) is 0 Å². The minimum Gasteiger partial charge on any atom is -0.342 e. The largest absolute Gasteiger partial charge is 0.342 e. The molecule has 90 valence electrons. The van der Waals surface area contributed by atoms with E-state index in [4.69, 9.17) is 16.6 Å². The van der Waals surface area contributed by atoms with Gasteiger partial charge in [0.05, 0.1) is 11.0 Å². The lowest BCUT2D eigenvalue weighted by Crippen LogP contribution is -2.27. The van der Waals surface area contributed by atoms with Crippen LogP contribution in [-0.4, -0.2) is 23.1 Å². The van der Waals surface area contributed by atoms with Crippen LogP contribution in [0.15, 0.2) is 12.1 Å². The third-order valence-corrected chi connectivity index (χ3v) is 4.00. The molecule has 3 nitrogen and oxygen atoms in total. The Kier molecular flexibility index (Phi) is 2.81. The lowest BCUT2D eigenvalue weighted by Gasteiger charge is -2.20.